The van der Waals surface area contributed by atoms with Gasteiger partial charge in [-0.15, -0.1) is 0 Å². The zero-order chi connectivity index (χ0) is 25.4. The molecular weight excluding hydrogens is 480 g/mol. The van der Waals surface area contributed by atoms with Gasteiger partial charge >= 0.3 is 0 Å². The summed E-state index contributed by atoms with van der Waals surface area (Å²) in [5.74, 6) is 1.36. The van der Waals surface area contributed by atoms with E-state index in [-0.39, 0.29) is 6.04 Å². The van der Waals surface area contributed by atoms with Gasteiger partial charge in [-0.05, 0) is 48.4 Å². The molecule has 182 valence electrons. The Kier molecular flexibility index (Phi) is 6.07. The first-order valence-corrected chi connectivity index (χ1v) is 12.6. The van der Waals surface area contributed by atoms with Crippen molar-refractivity contribution in [3.8, 4) is 17.0 Å². The molecule has 0 unspecified atom stereocenters. The Labute approximate surface area is 221 Å². The van der Waals surface area contributed by atoms with Crippen LogP contribution in [0.4, 0.5) is 5.95 Å². The van der Waals surface area contributed by atoms with Gasteiger partial charge in [-0.1, -0.05) is 78.3 Å². The second-order valence-corrected chi connectivity index (χ2v) is 9.54. The Bertz CT molecular complexity index is 1630. The van der Waals surface area contributed by atoms with Crippen molar-refractivity contribution < 1.29 is 4.74 Å². The van der Waals surface area contributed by atoms with Crippen molar-refractivity contribution in [1.82, 2.24) is 9.97 Å². The molecule has 1 aliphatic heterocycles. The van der Waals surface area contributed by atoms with Crippen molar-refractivity contribution in [2.75, 3.05) is 12.1 Å². The van der Waals surface area contributed by atoms with Crippen molar-refractivity contribution in [2.24, 2.45) is 5.10 Å². The average Bonchev–Trinajstić information content (AvgIpc) is 3.38. The fourth-order valence-corrected chi connectivity index (χ4v) is 5.05. The van der Waals surface area contributed by atoms with Crippen LogP contribution in [-0.2, 0) is 0 Å². The summed E-state index contributed by atoms with van der Waals surface area (Å²) in [6, 6.07) is 32.3. The van der Waals surface area contributed by atoms with Crippen LogP contribution in [0.2, 0.25) is 5.02 Å². The number of anilines is 1. The molecule has 6 heteroatoms. The summed E-state index contributed by atoms with van der Waals surface area (Å²) in [5, 5.41) is 8.63. The standard InChI is InChI=1S/C31H25ClN4O/c1-20-9-6-7-14-25(20)29-19-28(22-12-8-13-24(17-22)37-2)35-36(29)31-33-27-16-15-23(32)18-26(27)30(34-31)21-10-4-3-5-11-21/h3-18,29H,19H2,1-2H3/t29-/m0/s1. The van der Waals surface area contributed by atoms with E-state index < -0.39 is 0 Å². The van der Waals surface area contributed by atoms with Crippen molar-refractivity contribution in [3.63, 3.8) is 0 Å². The van der Waals surface area contributed by atoms with Crippen LogP contribution >= 0.6 is 11.6 Å². The highest BCUT2D eigenvalue weighted by molar-refractivity contribution is 6.31. The van der Waals surface area contributed by atoms with E-state index in [2.05, 4.69) is 49.4 Å². The fraction of sp³-hybridized carbons (Fsp3) is 0.129. The molecule has 0 amide bonds. The molecule has 0 N–H and O–H groups in total. The van der Waals surface area contributed by atoms with E-state index in [1.807, 2.05) is 59.6 Å². The Hall–Kier alpha value is -4.22. The maximum atomic E-state index is 6.38. The van der Waals surface area contributed by atoms with Crippen molar-refractivity contribution in [3.05, 3.63) is 119 Å². The molecule has 0 saturated carbocycles. The Morgan fingerprint density at radius 2 is 1.62 bits per heavy atom. The van der Waals surface area contributed by atoms with Crippen LogP contribution in [0.1, 0.15) is 29.2 Å². The summed E-state index contributed by atoms with van der Waals surface area (Å²) in [7, 11) is 1.68. The van der Waals surface area contributed by atoms with E-state index in [0.717, 1.165) is 45.6 Å². The minimum absolute atomic E-state index is 0.0456. The Morgan fingerprint density at radius 1 is 0.838 bits per heavy atom. The van der Waals surface area contributed by atoms with Gasteiger partial charge < -0.3 is 4.74 Å². The highest BCUT2D eigenvalue weighted by atomic mass is 35.5. The average molecular weight is 505 g/mol. The van der Waals surface area contributed by atoms with Crippen LogP contribution in [0, 0.1) is 6.92 Å². The predicted octanol–water partition coefficient (Wildman–Crippen LogP) is 7.62. The zero-order valence-corrected chi connectivity index (χ0v) is 21.4. The quantitative estimate of drug-likeness (QED) is 0.247. The topological polar surface area (TPSA) is 50.6 Å². The van der Waals surface area contributed by atoms with E-state index in [4.69, 9.17) is 31.4 Å². The smallest absolute Gasteiger partial charge is 0.247 e. The second kappa shape index (κ2) is 9.68. The van der Waals surface area contributed by atoms with Gasteiger partial charge in [-0.25, -0.2) is 15.0 Å². The van der Waals surface area contributed by atoms with Crippen LogP contribution in [0.3, 0.4) is 0 Å². The number of halogens is 1. The lowest BCUT2D eigenvalue weighted by atomic mass is 9.95. The van der Waals surface area contributed by atoms with Gasteiger partial charge in [0.25, 0.3) is 0 Å². The first-order chi connectivity index (χ1) is 18.1. The number of hydrazone groups is 1. The number of hydrogen-bond donors (Lipinski definition) is 0. The third kappa shape index (κ3) is 4.43. The molecule has 2 heterocycles. The summed E-state index contributed by atoms with van der Waals surface area (Å²) in [5.41, 5.74) is 7.05. The van der Waals surface area contributed by atoms with E-state index in [0.29, 0.717) is 11.0 Å². The number of benzene rings is 4. The molecular formula is C31H25ClN4O. The SMILES string of the molecule is COc1cccc(C2=NN(c3nc(-c4ccccc4)c4cc(Cl)ccc4n3)[C@H](c3ccccc3C)C2)c1. The first kappa shape index (κ1) is 23.2. The van der Waals surface area contributed by atoms with Crippen molar-refractivity contribution >= 4 is 34.2 Å². The molecule has 0 bridgehead atoms. The predicted molar refractivity (Wildman–Crippen MR) is 151 cm³/mol. The van der Waals surface area contributed by atoms with Gasteiger partial charge in [-0.3, -0.25) is 0 Å². The molecule has 1 aromatic heterocycles. The summed E-state index contributed by atoms with van der Waals surface area (Å²) in [6.45, 7) is 2.13. The van der Waals surface area contributed by atoms with Gasteiger partial charge in [0.1, 0.15) is 5.75 Å². The Balaban J connectivity index is 1.55. The number of nitrogens with zero attached hydrogens (tertiary/aromatic N) is 4. The number of fused-ring (bicyclic) bond motifs is 1. The second-order valence-electron chi connectivity index (χ2n) is 9.10. The molecule has 37 heavy (non-hydrogen) atoms. The molecule has 1 atom stereocenters. The van der Waals surface area contributed by atoms with E-state index >= 15 is 0 Å². The fourth-order valence-electron chi connectivity index (χ4n) is 4.88. The molecule has 0 spiro atoms. The summed E-state index contributed by atoms with van der Waals surface area (Å²) >= 11 is 6.38. The van der Waals surface area contributed by atoms with Crippen molar-refractivity contribution in [1.29, 1.82) is 0 Å². The van der Waals surface area contributed by atoms with Gasteiger partial charge in [0.15, 0.2) is 0 Å². The largest absolute Gasteiger partial charge is 0.497 e. The first-order valence-electron chi connectivity index (χ1n) is 12.2. The number of aryl methyl sites for hydroxylation is 1. The minimum Gasteiger partial charge on any atom is -0.497 e. The molecule has 0 radical (unpaired) electrons. The molecule has 0 saturated heterocycles. The maximum Gasteiger partial charge on any atom is 0.247 e. The lowest BCUT2D eigenvalue weighted by Gasteiger charge is -2.24. The van der Waals surface area contributed by atoms with Gasteiger partial charge in [0.05, 0.1) is 30.1 Å². The number of hydrogen-bond acceptors (Lipinski definition) is 5. The van der Waals surface area contributed by atoms with Crippen LogP contribution in [0.15, 0.2) is 102 Å². The number of aromatic nitrogens is 2. The lowest BCUT2D eigenvalue weighted by Crippen LogP contribution is -2.22. The molecule has 5 nitrogen and oxygen atoms in total. The van der Waals surface area contributed by atoms with Gasteiger partial charge in [-0.2, -0.15) is 5.10 Å². The number of rotatable bonds is 5. The van der Waals surface area contributed by atoms with E-state index in [9.17, 15) is 0 Å². The van der Waals surface area contributed by atoms with Gasteiger partial charge in [0, 0.05) is 28.0 Å². The number of methoxy groups -OCH3 is 1. The molecule has 4 aromatic carbocycles. The third-order valence-corrected chi connectivity index (χ3v) is 6.99. The molecule has 0 aliphatic carbocycles. The lowest BCUT2D eigenvalue weighted by molar-refractivity contribution is 0.414. The summed E-state index contributed by atoms with van der Waals surface area (Å²) < 4.78 is 5.47. The molecule has 6 rings (SSSR count). The van der Waals surface area contributed by atoms with Crippen LogP contribution in [-0.4, -0.2) is 22.8 Å². The monoisotopic (exact) mass is 504 g/mol. The summed E-state index contributed by atoms with van der Waals surface area (Å²) in [6.07, 6.45) is 0.723. The van der Waals surface area contributed by atoms with Crippen LogP contribution in [0.25, 0.3) is 22.2 Å². The molecule has 1 aliphatic rings. The Morgan fingerprint density at radius 3 is 2.43 bits per heavy atom. The summed E-state index contributed by atoms with van der Waals surface area (Å²) in [4.78, 5) is 10.1. The third-order valence-electron chi connectivity index (χ3n) is 6.76. The zero-order valence-electron chi connectivity index (χ0n) is 20.6. The highest BCUT2D eigenvalue weighted by Gasteiger charge is 2.33. The van der Waals surface area contributed by atoms with E-state index in [1.165, 1.54) is 11.1 Å². The van der Waals surface area contributed by atoms with Crippen molar-refractivity contribution in [2.45, 2.75) is 19.4 Å². The van der Waals surface area contributed by atoms with Crippen LogP contribution in [0.5, 0.6) is 5.75 Å². The maximum absolute atomic E-state index is 6.38. The normalized spacial score (nSPS) is 15.2. The van der Waals surface area contributed by atoms with Gasteiger partial charge in [0.2, 0.25) is 5.95 Å². The minimum atomic E-state index is -0.0456. The van der Waals surface area contributed by atoms with Crippen LogP contribution < -0.4 is 9.75 Å². The highest BCUT2D eigenvalue weighted by Crippen LogP contribution is 2.39. The van der Waals surface area contributed by atoms with E-state index in [1.54, 1.807) is 7.11 Å². The molecule has 5 aromatic rings. The molecule has 0 fully saturated rings. The number of ether oxygens (including phenoxy) is 1.